The molecule has 2 aromatic carbocycles. The number of benzene rings is 2. The predicted molar refractivity (Wildman–Crippen MR) is 97.1 cm³/mol. The molecule has 0 heteroatoms. The first-order valence-electron chi connectivity index (χ1n) is 8.43. The molecule has 0 aromatic heterocycles. The minimum atomic E-state index is 0.173. The molecule has 2 rings (SSSR count). The van der Waals surface area contributed by atoms with Gasteiger partial charge in [-0.2, -0.15) is 0 Å². The summed E-state index contributed by atoms with van der Waals surface area (Å²) in [7, 11) is 0. The average Bonchev–Trinajstić information content (AvgIpc) is 2.52. The van der Waals surface area contributed by atoms with Crippen molar-refractivity contribution in [3.63, 3.8) is 0 Å². The summed E-state index contributed by atoms with van der Waals surface area (Å²) in [5.41, 5.74) is 4.49. The smallest absolute Gasteiger partial charge is 0.0124 e. The summed E-state index contributed by atoms with van der Waals surface area (Å²) >= 11 is 0. The molecule has 22 heavy (non-hydrogen) atoms. The minimum absolute atomic E-state index is 0.173. The Morgan fingerprint density at radius 3 is 2.09 bits per heavy atom. The molecule has 0 N–H and O–H groups in total. The topological polar surface area (TPSA) is 0 Å². The van der Waals surface area contributed by atoms with E-state index in [0.29, 0.717) is 5.92 Å². The van der Waals surface area contributed by atoms with Crippen molar-refractivity contribution in [1.82, 2.24) is 0 Å². The van der Waals surface area contributed by atoms with Crippen LogP contribution < -0.4 is 0 Å². The highest BCUT2D eigenvalue weighted by atomic mass is 14.3. The summed E-state index contributed by atoms with van der Waals surface area (Å²) in [5.74, 6) is 2.17. The summed E-state index contributed by atoms with van der Waals surface area (Å²) in [4.78, 5) is 0. The van der Waals surface area contributed by atoms with Crippen molar-refractivity contribution in [2.75, 3.05) is 0 Å². The van der Waals surface area contributed by atoms with Gasteiger partial charge in [0.15, 0.2) is 0 Å². The van der Waals surface area contributed by atoms with Gasteiger partial charge in [-0.3, -0.25) is 0 Å². The molecule has 0 saturated carbocycles. The molecule has 0 aliphatic heterocycles. The van der Waals surface area contributed by atoms with Gasteiger partial charge in [0.1, 0.15) is 0 Å². The maximum Gasteiger partial charge on any atom is 0.0124 e. The molecule has 0 fully saturated rings. The van der Waals surface area contributed by atoms with Crippen LogP contribution in [-0.4, -0.2) is 0 Å². The second-order valence-electron chi connectivity index (χ2n) is 7.29. The third kappa shape index (κ3) is 4.00. The van der Waals surface area contributed by atoms with Gasteiger partial charge in [-0.1, -0.05) is 95.6 Å². The van der Waals surface area contributed by atoms with Crippen LogP contribution in [0.4, 0.5) is 0 Å². The van der Waals surface area contributed by atoms with E-state index in [1.807, 2.05) is 0 Å². The van der Waals surface area contributed by atoms with E-state index < -0.39 is 0 Å². The van der Waals surface area contributed by atoms with Gasteiger partial charge < -0.3 is 0 Å². The van der Waals surface area contributed by atoms with Crippen molar-refractivity contribution in [3.05, 3.63) is 77.2 Å². The van der Waals surface area contributed by atoms with E-state index in [1.165, 1.54) is 23.1 Å². The molecule has 0 nitrogen and oxygen atoms in total. The quantitative estimate of drug-likeness (QED) is 0.616. The van der Waals surface area contributed by atoms with E-state index >= 15 is 0 Å². The van der Waals surface area contributed by atoms with Gasteiger partial charge in [0.2, 0.25) is 0 Å². The van der Waals surface area contributed by atoms with E-state index in [0.717, 1.165) is 6.42 Å². The summed E-state index contributed by atoms with van der Waals surface area (Å²) < 4.78 is 0. The zero-order valence-corrected chi connectivity index (χ0v) is 14.7. The van der Waals surface area contributed by atoms with Crippen LogP contribution in [0, 0.1) is 11.8 Å². The zero-order chi connectivity index (χ0) is 16.2. The van der Waals surface area contributed by atoms with E-state index in [2.05, 4.69) is 89.2 Å². The van der Waals surface area contributed by atoms with Crippen LogP contribution in [0.3, 0.4) is 0 Å². The van der Waals surface area contributed by atoms with E-state index in [4.69, 9.17) is 0 Å². The number of hydrogen-bond donors (Lipinski definition) is 0. The van der Waals surface area contributed by atoms with Crippen molar-refractivity contribution in [1.29, 1.82) is 0 Å². The van der Waals surface area contributed by atoms with Crippen LogP contribution in [-0.2, 0) is 11.8 Å². The highest BCUT2D eigenvalue weighted by Gasteiger charge is 2.26. The van der Waals surface area contributed by atoms with E-state index in [1.54, 1.807) is 5.92 Å². The van der Waals surface area contributed by atoms with Gasteiger partial charge in [0.25, 0.3) is 0 Å². The second kappa shape index (κ2) is 7.13. The van der Waals surface area contributed by atoms with Gasteiger partial charge in [0.05, 0.1) is 0 Å². The highest BCUT2D eigenvalue weighted by molar-refractivity contribution is 5.44. The van der Waals surface area contributed by atoms with Crippen molar-refractivity contribution in [2.45, 2.75) is 52.9 Å². The lowest BCUT2D eigenvalue weighted by molar-refractivity contribution is 0.547. The Bertz CT molecular complexity index is 574. The first kappa shape index (κ1) is 16.8. The van der Waals surface area contributed by atoms with Crippen molar-refractivity contribution in [2.24, 2.45) is 5.92 Å². The van der Waals surface area contributed by atoms with Crippen LogP contribution in [0.15, 0.2) is 54.6 Å². The van der Waals surface area contributed by atoms with Crippen LogP contribution >= 0.6 is 0 Å². The molecule has 0 aliphatic rings. The molecule has 1 atom stereocenters. The Balaban J connectivity index is 2.42. The maximum absolute atomic E-state index is 2.36. The SMILES string of the molecule is CCC(C)[C](Cc1ccccc1)c1ccccc1C(C)(C)C. The van der Waals surface area contributed by atoms with Gasteiger partial charge in [-0.05, 0) is 34.4 Å². The molecule has 0 heterocycles. The molecular formula is C22H29. The number of hydrogen-bond acceptors (Lipinski definition) is 0. The molecule has 0 bridgehead atoms. The summed E-state index contributed by atoms with van der Waals surface area (Å²) in [6.07, 6.45) is 2.23. The maximum atomic E-state index is 2.36. The first-order valence-corrected chi connectivity index (χ1v) is 8.43. The highest BCUT2D eigenvalue weighted by Crippen LogP contribution is 2.36. The van der Waals surface area contributed by atoms with Crippen LogP contribution in [0.5, 0.6) is 0 Å². The fourth-order valence-electron chi connectivity index (χ4n) is 3.01. The summed E-state index contributed by atoms with van der Waals surface area (Å²) in [6.45, 7) is 11.6. The fraction of sp³-hybridized carbons (Fsp3) is 0.409. The standard InChI is InChI=1S/C22H29/c1-6-17(2)20(16-18-12-8-7-9-13-18)19-14-10-11-15-21(19)22(3,4)5/h7-15,17H,6,16H2,1-5H3. The lowest BCUT2D eigenvalue weighted by atomic mass is 9.74. The zero-order valence-electron chi connectivity index (χ0n) is 14.7. The van der Waals surface area contributed by atoms with Crippen molar-refractivity contribution < 1.29 is 0 Å². The molecule has 0 saturated heterocycles. The third-order valence-corrected chi connectivity index (χ3v) is 4.53. The Labute approximate surface area is 136 Å². The minimum Gasteiger partial charge on any atom is -0.0651 e. The third-order valence-electron chi connectivity index (χ3n) is 4.53. The number of rotatable bonds is 5. The molecule has 2 aromatic rings. The molecule has 0 aliphatic carbocycles. The Morgan fingerprint density at radius 2 is 1.50 bits per heavy atom. The normalized spacial score (nSPS) is 13.4. The fourth-order valence-corrected chi connectivity index (χ4v) is 3.01. The van der Waals surface area contributed by atoms with Crippen LogP contribution in [0.1, 0.15) is 57.7 Å². The molecule has 0 amide bonds. The van der Waals surface area contributed by atoms with Gasteiger partial charge >= 0.3 is 0 Å². The molecule has 1 unspecified atom stereocenters. The van der Waals surface area contributed by atoms with E-state index in [-0.39, 0.29) is 5.41 Å². The lowest BCUT2D eigenvalue weighted by Crippen LogP contribution is -2.21. The van der Waals surface area contributed by atoms with Crippen LogP contribution in [0.25, 0.3) is 0 Å². The van der Waals surface area contributed by atoms with E-state index in [9.17, 15) is 0 Å². The summed E-state index contributed by atoms with van der Waals surface area (Å²) in [5, 5.41) is 0. The lowest BCUT2D eigenvalue weighted by Gasteiger charge is -2.30. The summed E-state index contributed by atoms with van der Waals surface area (Å²) in [6, 6.07) is 19.8. The molecule has 1 radical (unpaired) electrons. The van der Waals surface area contributed by atoms with Gasteiger partial charge in [-0.15, -0.1) is 0 Å². The second-order valence-corrected chi connectivity index (χ2v) is 7.29. The Morgan fingerprint density at radius 1 is 0.909 bits per heavy atom. The largest absolute Gasteiger partial charge is 0.0651 e. The first-order chi connectivity index (χ1) is 10.4. The van der Waals surface area contributed by atoms with Crippen molar-refractivity contribution >= 4 is 0 Å². The van der Waals surface area contributed by atoms with Gasteiger partial charge in [0, 0.05) is 5.92 Å². The Hall–Kier alpha value is -1.56. The average molecular weight is 293 g/mol. The predicted octanol–water partition coefficient (Wildman–Crippen LogP) is 6.20. The molecule has 0 spiro atoms. The van der Waals surface area contributed by atoms with Gasteiger partial charge in [-0.25, -0.2) is 0 Å². The monoisotopic (exact) mass is 293 g/mol. The molecular weight excluding hydrogens is 264 g/mol. The molecule has 117 valence electrons. The van der Waals surface area contributed by atoms with Crippen molar-refractivity contribution in [3.8, 4) is 0 Å². The Kier molecular flexibility index (Phi) is 5.45. The van der Waals surface area contributed by atoms with Crippen LogP contribution in [0.2, 0.25) is 0 Å².